The molecule has 0 spiro atoms. The normalized spacial score (nSPS) is 12.4. The van der Waals surface area contributed by atoms with Crippen LogP contribution < -0.4 is 5.32 Å². The number of rotatable bonds is 5. The van der Waals surface area contributed by atoms with E-state index in [1.807, 2.05) is 17.8 Å². The monoisotopic (exact) mass is 261 g/mol. The van der Waals surface area contributed by atoms with E-state index >= 15 is 0 Å². The van der Waals surface area contributed by atoms with E-state index in [-0.39, 0.29) is 11.9 Å². The summed E-state index contributed by atoms with van der Waals surface area (Å²) in [4.78, 5) is 16.4. The van der Waals surface area contributed by atoms with Crippen LogP contribution in [0.3, 0.4) is 0 Å². The fraction of sp³-hybridized carbons (Fsp3) is 0.462. The van der Waals surface area contributed by atoms with Crippen LogP contribution in [-0.2, 0) is 14.1 Å². The maximum absolute atomic E-state index is 12.1. The lowest BCUT2D eigenvalue weighted by Gasteiger charge is -2.17. The van der Waals surface area contributed by atoms with Gasteiger partial charge in [0.1, 0.15) is 11.5 Å². The van der Waals surface area contributed by atoms with Gasteiger partial charge in [-0.1, -0.05) is 13.3 Å². The topological polar surface area (TPSA) is 64.7 Å². The molecular formula is C13H19N5O. The van der Waals surface area contributed by atoms with Gasteiger partial charge in [0.05, 0.1) is 6.04 Å². The first-order valence-corrected chi connectivity index (χ1v) is 6.39. The van der Waals surface area contributed by atoms with Crippen LogP contribution in [-0.4, -0.2) is 25.2 Å². The zero-order valence-corrected chi connectivity index (χ0v) is 11.5. The number of aryl methyl sites for hydroxylation is 2. The molecule has 2 heterocycles. The number of nitrogens with zero attached hydrogens (tertiary/aromatic N) is 4. The molecule has 102 valence electrons. The van der Waals surface area contributed by atoms with Crippen LogP contribution in [0.4, 0.5) is 0 Å². The van der Waals surface area contributed by atoms with Crippen molar-refractivity contribution < 1.29 is 4.79 Å². The summed E-state index contributed by atoms with van der Waals surface area (Å²) >= 11 is 0. The number of carbonyl (C=O) groups excluding carboxylic acids is 1. The number of amides is 1. The second kappa shape index (κ2) is 5.69. The SMILES string of the molecule is CCC[C@@H](NC(=O)c1ccn(C)n1)c1nccn1C. The molecule has 0 bridgehead atoms. The van der Waals surface area contributed by atoms with Gasteiger partial charge in [0, 0.05) is 32.7 Å². The Morgan fingerprint density at radius 2 is 2.21 bits per heavy atom. The maximum Gasteiger partial charge on any atom is 0.272 e. The fourth-order valence-electron chi connectivity index (χ4n) is 2.04. The van der Waals surface area contributed by atoms with Crippen molar-refractivity contribution in [3.63, 3.8) is 0 Å². The minimum atomic E-state index is -0.165. The Kier molecular flexibility index (Phi) is 3.99. The Labute approximate surface area is 112 Å². The summed E-state index contributed by atoms with van der Waals surface area (Å²) in [6.45, 7) is 2.09. The summed E-state index contributed by atoms with van der Waals surface area (Å²) in [5.74, 6) is 0.702. The lowest BCUT2D eigenvalue weighted by Crippen LogP contribution is -2.30. The minimum absolute atomic E-state index is 0.0838. The molecule has 1 amide bonds. The zero-order valence-electron chi connectivity index (χ0n) is 11.5. The predicted octanol–water partition coefficient (Wildman–Crippen LogP) is 1.42. The van der Waals surface area contributed by atoms with Gasteiger partial charge in [-0.2, -0.15) is 5.10 Å². The van der Waals surface area contributed by atoms with Crippen molar-refractivity contribution in [1.82, 2.24) is 24.6 Å². The van der Waals surface area contributed by atoms with E-state index in [2.05, 4.69) is 22.3 Å². The molecule has 6 nitrogen and oxygen atoms in total. The van der Waals surface area contributed by atoms with Crippen molar-refractivity contribution in [1.29, 1.82) is 0 Å². The van der Waals surface area contributed by atoms with Gasteiger partial charge in [-0.25, -0.2) is 4.98 Å². The van der Waals surface area contributed by atoms with Gasteiger partial charge in [-0.05, 0) is 12.5 Å². The minimum Gasteiger partial charge on any atom is -0.341 e. The number of hydrogen-bond acceptors (Lipinski definition) is 3. The lowest BCUT2D eigenvalue weighted by molar-refractivity contribution is 0.0926. The molecule has 1 atom stereocenters. The molecule has 0 aliphatic rings. The standard InChI is InChI=1S/C13H19N5O/c1-4-5-10(12-14-7-9-17(12)2)15-13(19)11-6-8-18(3)16-11/h6-10H,4-5H2,1-3H3,(H,15,19)/t10-/m1/s1. The molecule has 0 unspecified atom stereocenters. The number of aromatic nitrogens is 4. The largest absolute Gasteiger partial charge is 0.341 e. The van der Waals surface area contributed by atoms with Gasteiger partial charge in [0.2, 0.25) is 0 Å². The van der Waals surface area contributed by atoms with Crippen molar-refractivity contribution in [3.8, 4) is 0 Å². The quantitative estimate of drug-likeness (QED) is 0.885. The Morgan fingerprint density at radius 1 is 1.42 bits per heavy atom. The van der Waals surface area contributed by atoms with E-state index in [4.69, 9.17) is 0 Å². The van der Waals surface area contributed by atoms with Crippen LogP contribution in [0, 0.1) is 0 Å². The molecule has 2 rings (SSSR count). The van der Waals surface area contributed by atoms with Crippen molar-refractivity contribution >= 4 is 5.91 Å². The third-order valence-corrected chi connectivity index (χ3v) is 3.00. The summed E-state index contributed by atoms with van der Waals surface area (Å²) in [5, 5.41) is 7.10. The summed E-state index contributed by atoms with van der Waals surface area (Å²) in [7, 11) is 3.72. The van der Waals surface area contributed by atoms with Crippen LogP contribution in [0.2, 0.25) is 0 Å². The highest BCUT2D eigenvalue weighted by atomic mass is 16.2. The molecule has 19 heavy (non-hydrogen) atoms. The molecule has 2 aromatic heterocycles. The highest BCUT2D eigenvalue weighted by molar-refractivity contribution is 5.92. The molecule has 6 heteroatoms. The molecule has 0 fully saturated rings. The van der Waals surface area contributed by atoms with E-state index < -0.39 is 0 Å². The maximum atomic E-state index is 12.1. The Morgan fingerprint density at radius 3 is 2.74 bits per heavy atom. The average Bonchev–Trinajstić information content (AvgIpc) is 2.97. The molecule has 0 aliphatic heterocycles. The summed E-state index contributed by atoms with van der Waals surface area (Å²) in [5.41, 5.74) is 0.429. The van der Waals surface area contributed by atoms with Crippen LogP contribution in [0.25, 0.3) is 0 Å². The van der Waals surface area contributed by atoms with Crippen molar-refractivity contribution in [2.45, 2.75) is 25.8 Å². The summed E-state index contributed by atoms with van der Waals surface area (Å²) in [6, 6.07) is 1.62. The smallest absolute Gasteiger partial charge is 0.272 e. The molecule has 0 saturated heterocycles. The Bertz CT molecular complexity index is 557. The molecule has 0 saturated carbocycles. The molecule has 0 aliphatic carbocycles. The van der Waals surface area contributed by atoms with Gasteiger partial charge < -0.3 is 9.88 Å². The first-order valence-electron chi connectivity index (χ1n) is 6.39. The molecule has 1 N–H and O–H groups in total. The van der Waals surface area contributed by atoms with Crippen molar-refractivity contribution in [2.24, 2.45) is 14.1 Å². The van der Waals surface area contributed by atoms with E-state index in [9.17, 15) is 4.79 Å². The van der Waals surface area contributed by atoms with Gasteiger partial charge in [-0.3, -0.25) is 9.48 Å². The molecule has 0 aromatic carbocycles. The molecule has 0 radical (unpaired) electrons. The average molecular weight is 261 g/mol. The van der Waals surface area contributed by atoms with Crippen LogP contribution in [0.5, 0.6) is 0 Å². The van der Waals surface area contributed by atoms with Crippen molar-refractivity contribution in [2.75, 3.05) is 0 Å². The van der Waals surface area contributed by atoms with E-state index in [0.717, 1.165) is 18.7 Å². The first kappa shape index (κ1) is 13.3. The second-order valence-corrected chi connectivity index (χ2v) is 4.59. The van der Waals surface area contributed by atoms with Crippen molar-refractivity contribution in [3.05, 3.63) is 36.2 Å². The van der Waals surface area contributed by atoms with Crippen LogP contribution >= 0.6 is 0 Å². The number of carbonyl (C=O) groups is 1. The number of imidazole rings is 1. The molecule has 2 aromatic rings. The van der Waals surface area contributed by atoms with Crippen LogP contribution in [0.1, 0.15) is 42.1 Å². The van der Waals surface area contributed by atoms with Gasteiger partial charge >= 0.3 is 0 Å². The highest BCUT2D eigenvalue weighted by Crippen LogP contribution is 2.16. The highest BCUT2D eigenvalue weighted by Gasteiger charge is 2.19. The van der Waals surface area contributed by atoms with E-state index in [0.29, 0.717) is 5.69 Å². The van der Waals surface area contributed by atoms with E-state index in [1.54, 1.807) is 30.2 Å². The third-order valence-electron chi connectivity index (χ3n) is 3.00. The van der Waals surface area contributed by atoms with Gasteiger partial charge in [0.15, 0.2) is 0 Å². The Hall–Kier alpha value is -2.11. The second-order valence-electron chi connectivity index (χ2n) is 4.59. The lowest BCUT2D eigenvalue weighted by atomic mass is 10.1. The Balaban J connectivity index is 2.13. The predicted molar refractivity (Wildman–Crippen MR) is 71.5 cm³/mol. The third kappa shape index (κ3) is 3.01. The van der Waals surface area contributed by atoms with Crippen LogP contribution in [0.15, 0.2) is 24.7 Å². The zero-order chi connectivity index (χ0) is 13.8. The molecular weight excluding hydrogens is 242 g/mol. The number of hydrogen-bond donors (Lipinski definition) is 1. The van der Waals surface area contributed by atoms with Gasteiger partial charge in [-0.15, -0.1) is 0 Å². The first-order chi connectivity index (χ1) is 9.11. The summed E-state index contributed by atoms with van der Waals surface area (Å²) < 4.78 is 3.55. The fourth-order valence-corrected chi connectivity index (χ4v) is 2.04. The van der Waals surface area contributed by atoms with E-state index in [1.165, 1.54) is 0 Å². The summed E-state index contributed by atoms with van der Waals surface area (Å²) in [6.07, 6.45) is 7.20. The number of nitrogens with one attached hydrogen (secondary N) is 1. The van der Waals surface area contributed by atoms with Gasteiger partial charge in [0.25, 0.3) is 5.91 Å².